The van der Waals surface area contributed by atoms with E-state index in [1.807, 2.05) is 0 Å². The van der Waals surface area contributed by atoms with Crippen molar-refractivity contribution in [1.82, 2.24) is 0 Å². The van der Waals surface area contributed by atoms with E-state index in [1.165, 1.54) is 64.2 Å². The van der Waals surface area contributed by atoms with E-state index in [2.05, 4.69) is 13.2 Å². The summed E-state index contributed by atoms with van der Waals surface area (Å²) >= 11 is 0. The van der Waals surface area contributed by atoms with Crippen LogP contribution in [0.3, 0.4) is 0 Å². The highest BCUT2D eigenvalue weighted by atomic mass is 16.4. The average molecular weight is 367 g/mol. The topological polar surface area (TPSA) is 74.6 Å². The maximum Gasteiger partial charge on any atom is 0.327 e. The Hall–Kier alpha value is -1.58. The summed E-state index contributed by atoms with van der Waals surface area (Å²) in [6, 6.07) is 0. The SMILES string of the molecule is C1CCCC(C2CCCCCCC2)CCC1.C=CC(=O)O.C=CC(=O)O. The molecule has 2 saturated carbocycles. The predicted octanol–water partition coefficient (Wildman–Crippen LogP) is 6.22. The van der Waals surface area contributed by atoms with Gasteiger partial charge in [0, 0.05) is 12.2 Å². The molecule has 26 heavy (non-hydrogen) atoms. The van der Waals surface area contributed by atoms with Gasteiger partial charge in [0.2, 0.25) is 0 Å². The molecule has 0 radical (unpaired) electrons. The fourth-order valence-electron chi connectivity index (χ4n) is 3.92. The van der Waals surface area contributed by atoms with Gasteiger partial charge in [0.05, 0.1) is 0 Å². The van der Waals surface area contributed by atoms with E-state index in [0.717, 1.165) is 24.0 Å². The third kappa shape index (κ3) is 14.7. The Kier molecular flexibility index (Phi) is 15.8. The highest BCUT2D eigenvalue weighted by molar-refractivity contribution is 5.79. The lowest BCUT2D eigenvalue weighted by molar-refractivity contribution is -0.132. The van der Waals surface area contributed by atoms with Crippen LogP contribution in [0.4, 0.5) is 0 Å². The first-order valence-electron chi connectivity index (χ1n) is 10.2. The van der Waals surface area contributed by atoms with Crippen LogP contribution in [0.15, 0.2) is 25.3 Å². The van der Waals surface area contributed by atoms with Crippen LogP contribution >= 0.6 is 0 Å². The molecule has 0 saturated heterocycles. The molecule has 2 aliphatic rings. The van der Waals surface area contributed by atoms with Gasteiger partial charge in [0.25, 0.3) is 0 Å². The summed E-state index contributed by atoms with van der Waals surface area (Å²) in [5.41, 5.74) is 0. The Morgan fingerprint density at radius 2 is 0.769 bits per heavy atom. The van der Waals surface area contributed by atoms with E-state index >= 15 is 0 Å². The van der Waals surface area contributed by atoms with Crippen molar-refractivity contribution in [3.63, 3.8) is 0 Å². The molecule has 4 nitrogen and oxygen atoms in total. The van der Waals surface area contributed by atoms with E-state index < -0.39 is 11.9 Å². The number of carboxylic acid groups (broad SMARTS) is 2. The molecular weight excluding hydrogens is 328 g/mol. The lowest BCUT2D eigenvalue weighted by Crippen LogP contribution is -2.17. The summed E-state index contributed by atoms with van der Waals surface area (Å²) in [4.78, 5) is 18.5. The molecule has 2 fully saturated rings. The number of carbonyl (C=O) groups is 2. The lowest BCUT2D eigenvalue weighted by atomic mass is 9.76. The maximum absolute atomic E-state index is 9.25. The highest BCUT2D eigenvalue weighted by Gasteiger charge is 2.22. The zero-order valence-electron chi connectivity index (χ0n) is 16.3. The van der Waals surface area contributed by atoms with Crippen molar-refractivity contribution >= 4 is 11.9 Å². The van der Waals surface area contributed by atoms with Crippen molar-refractivity contribution in [3.8, 4) is 0 Å². The molecule has 150 valence electrons. The summed E-state index contributed by atoms with van der Waals surface area (Å²) < 4.78 is 0. The second-order valence-electron chi connectivity index (χ2n) is 7.30. The largest absolute Gasteiger partial charge is 0.478 e. The van der Waals surface area contributed by atoms with E-state index in [9.17, 15) is 9.59 Å². The third-order valence-corrected chi connectivity index (χ3v) is 5.32. The normalized spacial score (nSPS) is 19.5. The molecule has 0 spiro atoms. The summed E-state index contributed by atoms with van der Waals surface area (Å²) in [6.07, 6.45) is 23.1. The quantitative estimate of drug-likeness (QED) is 0.581. The van der Waals surface area contributed by atoms with Crippen molar-refractivity contribution in [3.05, 3.63) is 25.3 Å². The van der Waals surface area contributed by atoms with Crippen molar-refractivity contribution in [2.75, 3.05) is 0 Å². The molecule has 2 rings (SSSR count). The van der Waals surface area contributed by atoms with Crippen LogP contribution in [-0.2, 0) is 9.59 Å². The monoisotopic (exact) mass is 366 g/mol. The van der Waals surface area contributed by atoms with Crippen molar-refractivity contribution in [1.29, 1.82) is 0 Å². The molecule has 0 amide bonds. The number of hydrogen-bond donors (Lipinski definition) is 2. The first-order valence-corrected chi connectivity index (χ1v) is 10.2. The maximum atomic E-state index is 9.25. The Morgan fingerprint density at radius 1 is 0.577 bits per heavy atom. The molecule has 0 aromatic rings. The molecular formula is C22H38O4. The van der Waals surface area contributed by atoms with Crippen molar-refractivity contribution in [2.45, 2.75) is 89.9 Å². The van der Waals surface area contributed by atoms with Crippen LogP contribution < -0.4 is 0 Å². The van der Waals surface area contributed by atoms with Gasteiger partial charge in [0.15, 0.2) is 0 Å². The van der Waals surface area contributed by atoms with E-state index in [-0.39, 0.29) is 0 Å². The molecule has 0 heterocycles. The second kappa shape index (κ2) is 16.9. The molecule has 2 aliphatic carbocycles. The van der Waals surface area contributed by atoms with Crippen molar-refractivity contribution in [2.24, 2.45) is 11.8 Å². The second-order valence-corrected chi connectivity index (χ2v) is 7.30. The van der Waals surface area contributed by atoms with Crippen LogP contribution in [0.1, 0.15) is 89.9 Å². The average Bonchev–Trinajstić information content (AvgIpc) is 2.56. The molecule has 0 atom stereocenters. The number of carboxylic acids is 2. The van der Waals surface area contributed by atoms with E-state index in [4.69, 9.17) is 10.2 Å². The van der Waals surface area contributed by atoms with Gasteiger partial charge in [-0.15, -0.1) is 0 Å². The standard InChI is InChI=1S/C16H30.2C3H4O2/c1-3-7-11-15(12-8-4-1)16-13-9-5-2-6-10-14-16;2*1-2-3(4)5/h15-16H,1-14H2;2*2H,1H2,(H,4,5). The molecule has 0 unspecified atom stereocenters. The Labute approximate surface area is 159 Å². The van der Waals surface area contributed by atoms with Gasteiger partial charge >= 0.3 is 11.9 Å². The molecule has 0 aliphatic heterocycles. The molecule has 0 bridgehead atoms. The van der Waals surface area contributed by atoms with Gasteiger partial charge in [-0.2, -0.15) is 0 Å². The minimum atomic E-state index is -0.981. The fraction of sp³-hybridized carbons (Fsp3) is 0.727. The number of aliphatic carboxylic acids is 2. The minimum Gasteiger partial charge on any atom is -0.478 e. The van der Waals surface area contributed by atoms with Gasteiger partial charge < -0.3 is 10.2 Å². The van der Waals surface area contributed by atoms with Crippen LogP contribution in [0.5, 0.6) is 0 Å². The van der Waals surface area contributed by atoms with Gasteiger partial charge in [-0.3, -0.25) is 0 Å². The number of rotatable bonds is 3. The molecule has 2 N–H and O–H groups in total. The van der Waals surface area contributed by atoms with E-state index in [0.29, 0.717) is 0 Å². The van der Waals surface area contributed by atoms with E-state index in [1.54, 1.807) is 25.7 Å². The summed E-state index contributed by atoms with van der Waals surface area (Å²) in [6.45, 7) is 5.92. The van der Waals surface area contributed by atoms with Gasteiger partial charge in [-0.25, -0.2) is 9.59 Å². The van der Waals surface area contributed by atoms with Crippen LogP contribution in [0, 0.1) is 11.8 Å². The first-order chi connectivity index (χ1) is 12.5. The number of hydrogen-bond acceptors (Lipinski definition) is 2. The van der Waals surface area contributed by atoms with Crippen LogP contribution in [-0.4, -0.2) is 22.2 Å². The van der Waals surface area contributed by atoms with Crippen LogP contribution in [0.2, 0.25) is 0 Å². The predicted molar refractivity (Wildman–Crippen MR) is 107 cm³/mol. The Morgan fingerprint density at radius 3 is 0.962 bits per heavy atom. The zero-order valence-corrected chi connectivity index (χ0v) is 16.3. The summed E-state index contributed by atoms with van der Waals surface area (Å²) in [7, 11) is 0. The van der Waals surface area contributed by atoms with Crippen LogP contribution in [0.25, 0.3) is 0 Å². The Balaban J connectivity index is 0.000000520. The fourth-order valence-corrected chi connectivity index (χ4v) is 3.92. The third-order valence-electron chi connectivity index (χ3n) is 5.32. The molecule has 0 aromatic carbocycles. The zero-order chi connectivity index (χ0) is 19.6. The highest BCUT2D eigenvalue weighted by Crippen LogP contribution is 2.35. The minimum absolute atomic E-state index is 0.833. The first kappa shape index (κ1) is 24.4. The summed E-state index contributed by atoms with van der Waals surface area (Å²) in [5.74, 6) is 0.256. The summed E-state index contributed by atoms with van der Waals surface area (Å²) in [5, 5.41) is 15.2. The lowest BCUT2D eigenvalue weighted by Gasteiger charge is -2.30. The van der Waals surface area contributed by atoms with Gasteiger partial charge in [-0.05, 0) is 11.8 Å². The molecule has 0 aromatic heterocycles. The molecule has 4 heteroatoms. The smallest absolute Gasteiger partial charge is 0.327 e. The van der Waals surface area contributed by atoms with Gasteiger partial charge in [-0.1, -0.05) is 103 Å². The van der Waals surface area contributed by atoms with Crippen molar-refractivity contribution < 1.29 is 19.8 Å². The van der Waals surface area contributed by atoms with Gasteiger partial charge in [0.1, 0.15) is 0 Å². The Bertz CT molecular complexity index is 349.